The Balaban J connectivity index is 1.49. The van der Waals surface area contributed by atoms with Gasteiger partial charge in [0.2, 0.25) is 0 Å². The van der Waals surface area contributed by atoms with E-state index < -0.39 is 0 Å². The van der Waals surface area contributed by atoms with E-state index in [9.17, 15) is 0 Å². The average Bonchev–Trinajstić information content (AvgIpc) is 2.57. The first-order valence-corrected chi connectivity index (χ1v) is 8.98. The van der Waals surface area contributed by atoms with Crippen LogP contribution in [0.4, 0.5) is 0 Å². The van der Waals surface area contributed by atoms with E-state index in [0.29, 0.717) is 0 Å². The molecule has 3 rings (SSSR count). The molecule has 0 spiro atoms. The Labute approximate surface area is 135 Å². The van der Waals surface area contributed by atoms with Gasteiger partial charge in [-0.05, 0) is 63.8 Å². The predicted molar refractivity (Wildman–Crippen MR) is 93.0 cm³/mol. The lowest BCUT2D eigenvalue weighted by Crippen LogP contribution is -2.48. The molecule has 2 heterocycles. The first kappa shape index (κ1) is 16.0. The fourth-order valence-corrected chi connectivity index (χ4v) is 4.00. The molecule has 1 unspecified atom stereocenters. The fourth-order valence-electron chi connectivity index (χ4n) is 4.00. The Morgan fingerprint density at radius 2 is 1.91 bits per heavy atom. The van der Waals surface area contributed by atoms with E-state index in [1.807, 2.05) is 0 Å². The molecule has 0 aromatic heterocycles. The molecule has 2 saturated heterocycles. The van der Waals surface area contributed by atoms with E-state index >= 15 is 0 Å². The molecular weight excluding hydrogens is 270 g/mol. The second kappa shape index (κ2) is 8.09. The monoisotopic (exact) mass is 301 g/mol. The summed E-state index contributed by atoms with van der Waals surface area (Å²) in [7, 11) is 2.35. The van der Waals surface area contributed by atoms with Crippen molar-refractivity contribution in [3.63, 3.8) is 0 Å². The minimum Gasteiger partial charge on any atom is -0.317 e. The van der Waals surface area contributed by atoms with Crippen LogP contribution in [0.1, 0.15) is 31.2 Å². The molecule has 1 aromatic carbocycles. The van der Waals surface area contributed by atoms with Gasteiger partial charge in [0.1, 0.15) is 0 Å². The van der Waals surface area contributed by atoms with E-state index in [1.165, 1.54) is 64.0 Å². The van der Waals surface area contributed by atoms with Gasteiger partial charge in [0, 0.05) is 25.7 Å². The summed E-state index contributed by atoms with van der Waals surface area (Å²) in [6, 6.07) is 11.7. The molecule has 122 valence electrons. The molecule has 1 N–H and O–H groups in total. The molecule has 1 aromatic rings. The lowest BCUT2D eigenvalue weighted by Gasteiger charge is -2.39. The van der Waals surface area contributed by atoms with E-state index in [-0.39, 0.29) is 0 Å². The predicted octanol–water partition coefficient (Wildman–Crippen LogP) is 2.58. The van der Waals surface area contributed by atoms with Gasteiger partial charge in [-0.3, -0.25) is 4.90 Å². The molecule has 0 saturated carbocycles. The lowest BCUT2D eigenvalue weighted by molar-refractivity contribution is 0.0954. The molecule has 0 amide bonds. The number of hydrogen-bond donors (Lipinski definition) is 1. The Hall–Kier alpha value is -0.900. The number of rotatable bonds is 5. The zero-order chi connectivity index (χ0) is 15.2. The summed E-state index contributed by atoms with van der Waals surface area (Å²) < 4.78 is 0. The molecule has 2 aliphatic heterocycles. The third kappa shape index (κ3) is 4.55. The largest absolute Gasteiger partial charge is 0.317 e. The van der Waals surface area contributed by atoms with Crippen molar-refractivity contribution in [1.82, 2.24) is 15.1 Å². The van der Waals surface area contributed by atoms with Crippen LogP contribution in [0, 0.1) is 5.92 Å². The van der Waals surface area contributed by atoms with Crippen molar-refractivity contribution in [2.24, 2.45) is 5.92 Å². The molecule has 1 atom stereocenters. The Bertz CT molecular complexity index is 428. The Morgan fingerprint density at radius 1 is 1.14 bits per heavy atom. The van der Waals surface area contributed by atoms with Crippen LogP contribution < -0.4 is 5.32 Å². The molecule has 3 heteroatoms. The van der Waals surface area contributed by atoms with Crippen LogP contribution in [0.5, 0.6) is 0 Å². The van der Waals surface area contributed by atoms with Gasteiger partial charge in [-0.25, -0.2) is 0 Å². The van der Waals surface area contributed by atoms with E-state index in [1.54, 1.807) is 0 Å². The van der Waals surface area contributed by atoms with Crippen molar-refractivity contribution < 1.29 is 0 Å². The number of piperidine rings is 2. The van der Waals surface area contributed by atoms with Gasteiger partial charge >= 0.3 is 0 Å². The van der Waals surface area contributed by atoms with Gasteiger partial charge in [0.25, 0.3) is 0 Å². The smallest absolute Gasteiger partial charge is 0.0234 e. The maximum absolute atomic E-state index is 3.48. The number of nitrogens with one attached hydrogen (secondary N) is 1. The first-order chi connectivity index (χ1) is 10.8. The highest BCUT2D eigenvalue weighted by Gasteiger charge is 2.25. The van der Waals surface area contributed by atoms with Gasteiger partial charge in [-0.2, -0.15) is 0 Å². The van der Waals surface area contributed by atoms with E-state index in [0.717, 1.165) is 18.5 Å². The van der Waals surface area contributed by atoms with Gasteiger partial charge < -0.3 is 10.2 Å². The number of hydrogen-bond acceptors (Lipinski definition) is 3. The quantitative estimate of drug-likeness (QED) is 0.902. The maximum atomic E-state index is 3.48. The van der Waals surface area contributed by atoms with E-state index in [2.05, 4.69) is 52.5 Å². The summed E-state index contributed by atoms with van der Waals surface area (Å²) in [4.78, 5) is 5.29. The maximum Gasteiger partial charge on any atom is 0.0234 e. The van der Waals surface area contributed by atoms with Crippen molar-refractivity contribution >= 4 is 0 Å². The normalized spacial score (nSPS) is 24.7. The summed E-state index contributed by atoms with van der Waals surface area (Å²) in [6.07, 6.45) is 5.41. The van der Waals surface area contributed by atoms with Crippen LogP contribution in [-0.2, 0) is 6.54 Å². The number of likely N-dealkylation sites (tertiary alicyclic amines) is 1. The summed E-state index contributed by atoms with van der Waals surface area (Å²) in [5.74, 6) is 0.899. The molecule has 0 bridgehead atoms. The highest BCUT2D eigenvalue weighted by Crippen LogP contribution is 2.20. The van der Waals surface area contributed by atoms with E-state index in [4.69, 9.17) is 0 Å². The first-order valence-electron chi connectivity index (χ1n) is 8.98. The standard InChI is InChI=1S/C19H31N3/c1-21(14-18-9-11-20-12-10-18)19-8-5-13-22(16-19)15-17-6-3-2-4-7-17/h2-4,6-7,18-20H,5,8-16H2,1H3. The third-order valence-corrected chi connectivity index (χ3v) is 5.36. The summed E-state index contributed by atoms with van der Waals surface area (Å²) >= 11 is 0. The fraction of sp³-hybridized carbons (Fsp3) is 0.684. The van der Waals surface area contributed by atoms with Crippen LogP contribution in [0.15, 0.2) is 30.3 Å². The van der Waals surface area contributed by atoms with Crippen molar-refractivity contribution in [3.8, 4) is 0 Å². The van der Waals surface area contributed by atoms with Crippen molar-refractivity contribution in [3.05, 3.63) is 35.9 Å². The summed E-state index contributed by atoms with van der Waals surface area (Å²) in [5.41, 5.74) is 1.45. The third-order valence-electron chi connectivity index (χ3n) is 5.36. The van der Waals surface area contributed by atoms with Crippen molar-refractivity contribution in [2.75, 3.05) is 39.8 Å². The zero-order valence-corrected chi connectivity index (χ0v) is 14.0. The summed E-state index contributed by atoms with van der Waals surface area (Å²) in [6.45, 7) is 7.31. The molecule has 0 aliphatic carbocycles. The van der Waals surface area contributed by atoms with Crippen LogP contribution in [0.2, 0.25) is 0 Å². The van der Waals surface area contributed by atoms with Crippen LogP contribution in [0.3, 0.4) is 0 Å². The van der Waals surface area contributed by atoms with Crippen molar-refractivity contribution in [1.29, 1.82) is 0 Å². The van der Waals surface area contributed by atoms with Gasteiger partial charge in [0.05, 0.1) is 0 Å². The molecular formula is C19H31N3. The van der Waals surface area contributed by atoms with Gasteiger partial charge in [-0.15, -0.1) is 0 Å². The molecule has 2 aliphatic rings. The average molecular weight is 301 g/mol. The van der Waals surface area contributed by atoms with Crippen LogP contribution in [0.25, 0.3) is 0 Å². The van der Waals surface area contributed by atoms with Crippen LogP contribution >= 0.6 is 0 Å². The highest BCUT2D eigenvalue weighted by atomic mass is 15.2. The molecule has 3 nitrogen and oxygen atoms in total. The number of nitrogens with zero attached hydrogens (tertiary/aromatic N) is 2. The second-order valence-electron chi connectivity index (χ2n) is 7.15. The minimum atomic E-state index is 0.743. The van der Waals surface area contributed by atoms with Crippen molar-refractivity contribution in [2.45, 2.75) is 38.3 Å². The molecule has 0 radical (unpaired) electrons. The minimum absolute atomic E-state index is 0.743. The number of likely N-dealkylation sites (N-methyl/N-ethyl adjacent to an activating group) is 1. The Kier molecular flexibility index (Phi) is 5.88. The van der Waals surface area contributed by atoms with Crippen LogP contribution in [-0.4, -0.2) is 55.6 Å². The topological polar surface area (TPSA) is 18.5 Å². The highest BCUT2D eigenvalue weighted by molar-refractivity contribution is 5.14. The summed E-state index contributed by atoms with van der Waals surface area (Å²) in [5, 5.41) is 3.48. The van der Waals surface area contributed by atoms with Gasteiger partial charge in [-0.1, -0.05) is 30.3 Å². The lowest BCUT2D eigenvalue weighted by atomic mass is 9.96. The zero-order valence-electron chi connectivity index (χ0n) is 14.0. The number of benzene rings is 1. The second-order valence-corrected chi connectivity index (χ2v) is 7.15. The Morgan fingerprint density at radius 3 is 2.68 bits per heavy atom. The van der Waals surface area contributed by atoms with Gasteiger partial charge in [0.15, 0.2) is 0 Å². The molecule has 2 fully saturated rings. The SMILES string of the molecule is CN(CC1CCNCC1)C1CCCN(Cc2ccccc2)C1. The molecule has 22 heavy (non-hydrogen) atoms.